The lowest BCUT2D eigenvalue weighted by molar-refractivity contribution is -0.134. The topological polar surface area (TPSA) is 77.8 Å². The molecule has 4 nitrogen and oxygen atoms in total. The second kappa shape index (κ2) is 4.99. The molecule has 76 valence electrons. The first-order valence-electron chi connectivity index (χ1n) is 4.12. The van der Waals surface area contributed by atoms with E-state index in [0.29, 0.717) is 0 Å². The Morgan fingerprint density at radius 3 is 2.15 bits per heavy atom. The first-order chi connectivity index (χ1) is 5.91. The first kappa shape index (κ1) is 12.1. The Labute approximate surface area is 77.5 Å². The predicted molar refractivity (Wildman–Crippen MR) is 48.2 cm³/mol. The van der Waals surface area contributed by atoms with Crippen molar-refractivity contribution in [3.05, 3.63) is 12.2 Å². The number of aliphatic hydroxyl groups is 2. The molecule has 0 fully saturated rings. The summed E-state index contributed by atoms with van der Waals surface area (Å²) >= 11 is 0. The van der Waals surface area contributed by atoms with Crippen molar-refractivity contribution in [3.63, 3.8) is 0 Å². The van der Waals surface area contributed by atoms with Crippen molar-refractivity contribution in [3.8, 4) is 0 Å². The van der Waals surface area contributed by atoms with Crippen LogP contribution in [0.3, 0.4) is 0 Å². The fourth-order valence-corrected chi connectivity index (χ4v) is 1.06. The molecule has 4 heteroatoms. The van der Waals surface area contributed by atoms with Gasteiger partial charge in [-0.2, -0.15) is 0 Å². The van der Waals surface area contributed by atoms with Crippen LogP contribution in [-0.4, -0.2) is 34.0 Å². The molecule has 2 atom stereocenters. The molecule has 0 amide bonds. The quantitative estimate of drug-likeness (QED) is 0.540. The third-order valence-electron chi connectivity index (χ3n) is 2.10. The van der Waals surface area contributed by atoms with Gasteiger partial charge in [0.1, 0.15) is 0 Å². The van der Waals surface area contributed by atoms with Crippen LogP contribution in [0, 0.1) is 11.8 Å². The van der Waals surface area contributed by atoms with Gasteiger partial charge < -0.3 is 15.3 Å². The lowest BCUT2D eigenvalue weighted by Crippen LogP contribution is -2.32. The summed E-state index contributed by atoms with van der Waals surface area (Å²) < 4.78 is 0. The Morgan fingerprint density at radius 1 is 1.46 bits per heavy atom. The molecule has 0 aromatic rings. The predicted octanol–water partition coefficient (Wildman–Crippen LogP) is 0.253. The van der Waals surface area contributed by atoms with E-state index < -0.39 is 18.0 Å². The number of carboxylic acids is 1. The van der Waals surface area contributed by atoms with E-state index in [9.17, 15) is 9.90 Å². The summed E-state index contributed by atoms with van der Waals surface area (Å²) in [5, 5.41) is 26.9. The molecule has 0 aliphatic carbocycles. The summed E-state index contributed by atoms with van der Waals surface area (Å²) in [6, 6.07) is 0. The smallest absolute Gasteiger partial charge is 0.333 e. The van der Waals surface area contributed by atoms with Crippen molar-refractivity contribution in [2.24, 2.45) is 11.8 Å². The molecule has 2 unspecified atom stereocenters. The molecule has 0 saturated carbocycles. The molecule has 0 heterocycles. The molecule has 3 N–H and O–H groups in total. The van der Waals surface area contributed by atoms with Crippen LogP contribution in [-0.2, 0) is 4.79 Å². The van der Waals surface area contributed by atoms with E-state index in [-0.39, 0.29) is 18.1 Å². The maximum absolute atomic E-state index is 10.4. The number of hydrogen-bond acceptors (Lipinski definition) is 3. The molecule has 0 spiro atoms. The van der Waals surface area contributed by atoms with Crippen molar-refractivity contribution < 1.29 is 20.1 Å². The van der Waals surface area contributed by atoms with Gasteiger partial charge in [0.2, 0.25) is 0 Å². The highest BCUT2D eigenvalue weighted by atomic mass is 16.4. The lowest BCUT2D eigenvalue weighted by Gasteiger charge is -2.24. The molecule has 0 saturated heterocycles. The monoisotopic (exact) mass is 188 g/mol. The van der Waals surface area contributed by atoms with Crippen LogP contribution in [0.5, 0.6) is 0 Å². The van der Waals surface area contributed by atoms with E-state index in [0.717, 1.165) is 0 Å². The van der Waals surface area contributed by atoms with Gasteiger partial charge in [-0.3, -0.25) is 0 Å². The number of aliphatic hydroxyl groups excluding tert-OH is 2. The van der Waals surface area contributed by atoms with Crippen LogP contribution in [0.25, 0.3) is 0 Å². The average Bonchev–Trinajstić information content (AvgIpc) is 2.03. The molecule has 0 radical (unpaired) electrons. The van der Waals surface area contributed by atoms with Gasteiger partial charge in [0.15, 0.2) is 0 Å². The minimum absolute atomic E-state index is 0.0103. The van der Waals surface area contributed by atoms with Gasteiger partial charge in [-0.25, -0.2) is 4.79 Å². The average molecular weight is 188 g/mol. The fourth-order valence-electron chi connectivity index (χ4n) is 1.06. The summed E-state index contributed by atoms with van der Waals surface area (Å²) in [5.41, 5.74) is -0.271. The van der Waals surface area contributed by atoms with Crippen LogP contribution in [0.1, 0.15) is 13.8 Å². The molecule has 0 aliphatic rings. The number of carboxylic acid groups (broad SMARTS) is 1. The molecule has 0 aromatic carbocycles. The highest BCUT2D eigenvalue weighted by Crippen LogP contribution is 2.19. The maximum Gasteiger partial charge on any atom is 0.333 e. The van der Waals surface area contributed by atoms with E-state index in [2.05, 4.69) is 6.58 Å². The Hall–Kier alpha value is -0.870. The second-order valence-electron chi connectivity index (χ2n) is 3.37. The lowest BCUT2D eigenvalue weighted by atomic mass is 9.87. The highest BCUT2D eigenvalue weighted by molar-refractivity contribution is 5.86. The van der Waals surface area contributed by atoms with Gasteiger partial charge >= 0.3 is 5.97 Å². The van der Waals surface area contributed by atoms with Crippen molar-refractivity contribution in [1.29, 1.82) is 0 Å². The summed E-state index contributed by atoms with van der Waals surface area (Å²) in [4.78, 5) is 10.4. The van der Waals surface area contributed by atoms with Crippen LogP contribution < -0.4 is 0 Å². The summed E-state index contributed by atoms with van der Waals surface area (Å²) in [6.45, 7) is 6.61. The van der Waals surface area contributed by atoms with Crippen molar-refractivity contribution in [2.45, 2.75) is 20.0 Å². The number of carbonyl (C=O) groups is 1. The van der Waals surface area contributed by atoms with Crippen molar-refractivity contribution in [2.75, 3.05) is 6.61 Å². The minimum atomic E-state index is -1.23. The van der Waals surface area contributed by atoms with Crippen LogP contribution in [0.15, 0.2) is 12.2 Å². The number of aliphatic carboxylic acids is 1. The summed E-state index contributed by atoms with van der Waals surface area (Å²) in [6.07, 6.45) is -1.18. The molecule has 13 heavy (non-hydrogen) atoms. The van der Waals surface area contributed by atoms with Gasteiger partial charge in [0, 0.05) is 12.5 Å². The Kier molecular flexibility index (Phi) is 4.66. The Morgan fingerprint density at radius 2 is 1.92 bits per heavy atom. The SMILES string of the molecule is C=C(C(=O)O)C(O)C(CO)C(C)C. The zero-order valence-electron chi connectivity index (χ0n) is 7.90. The Bertz CT molecular complexity index is 198. The zero-order valence-corrected chi connectivity index (χ0v) is 7.90. The van der Waals surface area contributed by atoms with Crippen LogP contribution in [0.2, 0.25) is 0 Å². The molecule has 0 rings (SSSR count). The maximum atomic E-state index is 10.4. The molecular weight excluding hydrogens is 172 g/mol. The van der Waals surface area contributed by atoms with E-state index >= 15 is 0 Å². The second-order valence-corrected chi connectivity index (χ2v) is 3.37. The van der Waals surface area contributed by atoms with E-state index in [1.54, 1.807) is 13.8 Å². The zero-order chi connectivity index (χ0) is 10.6. The van der Waals surface area contributed by atoms with Crippen molar-refractivity contribution >= 4 is 5.97 Å². The van der Waals surface area contributed by atoms with Gasteiger partial charge in [0.05, 0.1) is 11.7 Å². The normalized spacial score (nSPS) is 15.5. The van der Waals surface area contributed by atoms with Gasteiger partial charge in [-0.05, 0) is 5.92 Å². The molecule has 0 aromatic heterocycles. The minimum Gasteiger partial charge on any atom is -0.478 e. The summed E-state index contributed by atoms with van der Waals surface area (Å²) in [5.74, 6) is -1.69. The largest absolute Gasteiger partial charge is 0.478 e. The third kappa shape index (κ3) is 3.16. The van der Waals surface area contributed by atoms with Gasteiger partial charge in [0.25, 0.3) is 0 Å². The van der Waals surface area contributed by atoms with Crippen LogP contribution >= 0.6 is 0 Å². The molecular formula is C9H16O4. The molecule has 0 aliphatic heterocycles. The Balaban J connectivity index is 4.45. The van der Waals surface area contributed by atoms with E-state index in [1.807, 2.05) is 0 Å². The third-order valence-corrected chi connectivity index (χ3v) is 2.10. The number of rotatable bonds is 5. The number of hydrogen-bond donors (Lipinski definition) is 3. The van der Waals surface area contributed by atoms with Crippen LogP contribution in [0.4, 0.5) is 0 Å². The van der Waals surface area contributed by atoms with Gasteiger partial charge in [-0.1, -0.05) is 20.4 Å². The van der Waals surface area contributed by atoms with E-state index in [1.165, 1.54) is 0 Å². The summed E-state index contributed by atoms with van der Waals surface area (Å²) in [7, 11) is 0. The fraction of sp³-hybridized carbons (Fsp3) is 0.667. The standard InChI is InChI=1S/C9H16O4/c1-5(2)7(4-10)8(11)6(3)9(12)13/h5,7-8,10-11H,3-4H2,1-2H3,(H,12,13). The molecule has 0 bridgehead atoms. The van der Waals surface area contributed by atoms with Gasteiger partial charge in [-0.15, -0.1) is 0 Å². The van der Waals surface area contributed by atoms with Crippen molar-refractivity contribution in [1.82, 2.24) is 0 Å². The first-order valence-corrected chi connectivity index (χ1v) is 4.12. The van der Waals surface area contributed by atoms with E-state index in [4.69, 9.17) is 10.2 Å². The highest BCUT2D eigenvalue weighted by Gasteiger charge is 2.27.